The van der Waals surface area contributed by atoms with Crippen LogP contribution in [0.15, 0.2) is 36.4 Å². The Bertz CT molecular complexity index is 1090. The summed E-state index contributed by atoms with van der Waals surface area (Å²) in [5.41, 5.74) is 1.76. The Morgan fingerprint density at radius 3 is 1.78 bits per heavy atom. The highest BCUT2D eigenvalue weighted by atomic mass is 19.2. The van der Waals surface area contributed by atoms with Crippen molar-refractivity contribution in [1.29, 1.82) is 0 Å². The van der Waals surface area contributed by atoms with Crippen LogP contribution in [0.1, 0.15) is 101 Å². The molecule has 0 atom stereocenters. The molecule has 0 spiro atoms. The monoisotopic (exact) mass is 490 g/mol. The summed E-state index contributed by atoms with van der Waals surface area (Å²) < 4.78 is 39.7. The topological polar surface area (TPSA) is 0 Å². The number of benzene rings is 2. The van der Waals surface area contributed by atoms with Gasteiger partial charge in [0.2, 0.25) is 0 Å². The third-order valence-corrected chi connectivity index (χ3v) is 8.19. The molecule has 0 heterocycles. The number of hydrogen-bond donors (Lipinski definition) is 0. The first-order valence-electron chi connectivity index (χ1n) is 13.8. The van der Waals surface area contributed by atoms with E-state index in [2.05, 4.69) is 30.6 Å². The molecular weight excluding hydrogens is 453 g/mol. The first-order chi connectivity index (χ1) is 17.5. The molecule has 0 amide bonds. The molecule has 0 nitrogen and oxygen atoms in total. The molecule has 190 valence electrons. The van der Waals surface area contributed by atoms with Crippen LogP contribution in [0.5, 0.6) is 0 Å². The van der Waals surface area contributed by atoms with Gasteiger partial charge in [-0.2, -0.15) is 0 Å². The number of unbranched alkanes of at least 4 members (excludes halogenated alkanes) is 2. The second-order valence-corrected chi connectivity index (χ2v) is 10.7. The molecule has 2 aromatic rings. The molecular formula is C33H37F3. The molecule has 36 heavy (non-hydrogen) atoms. The summed E-state index contributed by atoms with van der Waals surface area (Å²) in [6.07, 6.45) is 16.4. The van der Waals surface area contributed by atoms with E-state index in [0.717, 1.165) is 35.4 Å². The Morgan fingerprint density at radius 2 is 1.19 bits per heavy atom. The van der Waals surface area contributed by atoms with Crippen molar-refractivity contribution < 1.29 is 13.2 Å². The summed E-state index contributed by atoms with van der Waals surface area (Å²) in [5, 5.41) is 0. The summed E-state index contributed by atoms with van der Waals surface area (Å²) in [7, 11) is 0. The number of halogens is 3. The van der Waals surface area contributed by atoms with Crippen LogP contribution in [0.2, 0.25) is 0 Å². The zero-order valence-electron chi connectivity index (χ0n) is 21.4. The van der Waals surface area contributed by atoms with Gasteiger partial charge in [-0.15, -0.1) is 0 Å². The largest absolute Gasteiger partial charge is 0.204 e. The van der Waals surface area contributed by atoms with Crippen molar-refractivity contribution in [2.75, 3.05) is 0 Å². The van der Waals surface area contributed by atoms with E-state index in [0.29, 0.717) is 11.5 Å². The van der Waals surface area contributed by atoms with Crippen LogP contribution in [0, 0.1) is 64.8 Å². The summed E-state index contributed by atoms with van der Waals surface area (Å²) in [6.45, 7) is 2.29. The summed E-state index contributed by atoms with van der Waals surface area (Å²) >= 11 is 0. The normalized spacial score (nSPS) is 23.8. The van der Waals surface area contributed by atoms with E-state index in [1.54, 1.807) is 0 Å². The predicted octanol–water partition coefficient (Wildman–Crippen LogP) is 9.05. The lowest BCUT2D eigenvalue weighted by atomic mass is 9.69. The van der Waals surface area contributed by atoms with Crippen LogP contribution in [-0.4, -0.2) is 0 Å². The van der Waals surface area contributed by atoms with E-state index in [-0.39, 0.29) is 5.56 Å². The second-order valence-electron chi connectivity index (χ2n) is 10.7. The first kappa shape index (κ1) is 26.4. The van der Waals surface area contributed by atoms with Gasteiger partial charge in [0.15, 0.2) is 17.5 Å². The van der Waals surface area contributed by atoms with Crippen molar-refractivity contribution in [2.24, 2.45) is 23.7 Å². The van der Waals surface area contributed by atoms with Gasteiger partial charge in [-0.25, -0.2) is 13.2 Å². The molecule has 0 saturated heterocycles. The van der Waals surface area contributed by atoms with Crippen LogP contribution in [0.25, 0.3) is 0 Å². The molecule has 2 aliphatic rings. The average Bonchev–Trinajstić information content (AvgIpc) is 2.91. The minimum Gasteiger partial charge on any atom is -0.204 e. The summed E-state index contributed by atoms with van der Waals surface area (Å²) in [6, 6.07) is 9.35. The fourth-order valence-electron chi connectivity index (χ4n) is 5.96. The van der Waals surface area contributed by atoms with Crippen LogP contribution < -0.4 is 0 Å². The van der Waals surface area contributed by atoms with Crippen LogP contribution >= 0.6 is 0 Å². The zero-order chi connectivity index (χ0) is 25.3. The van der Waals surface area contributed by atoms with E-state index in [1.165, 1.54) is 77.0 Å². The molecule has 2 aliphatic carbocycles. The van der Waals surface area contributed by atoms with Crippen LogP contribution in [0.3, 0.4) is 0 Å². The standard InChI is InChI=1S/C33H37F3/c1-2-3-4-5-24-14-18-29(19-15-24)30-20-16-27(17-21-30)11-10-25-6-8-26(9-7-25)12-13-28-22-31(34)33(36)32(35)23-28/h6-9,22-24,27,29-30H,2-5,14-21H2,1H3. The van der Waals surface area contributed by atoms with Crippen molar-refractivity contribution in [3.05, 3.63) is 70.5 Å². The molecule has 2 aromatic carbocycles. The lowest BCUT2D eigenvalue weighted by molar-refractivity contribution is 0.153. The molecule has 0 bridgehead atoms. The lowest BCUT2D eigenvalue weighted by Gasteiger charge is -2.37. The minimum atomic E-state index is -1.47. The fraction of sp³-hybridized carbons (Fsp3) is 0.515. The van der Waals surface area contributed by atoms with E-state index < -0.39 is 17.5 Å². The number of rotatable bonds is 5. The van der Waals surface area contributed by atoms with E-state index in [1.807, 2.05) is 24.3 Å². The Kier molecular flexibility index (Phi) is 9.58. The van der Waals surface area contributed by atoms with E-state index in [9.17, 15) is 13.2 Å². The van der Waals surface area contributed by atoms with Gasteiger partial charge in [-0.3, -0.25) is 0 Å². The Hall–Kier alpha value is -2.65. The maximum absolute atomic E-state index is 13.3. The Balaban J connectivity index is 1.23. The first-order valence-corrected chi connectivity index (χ1v) is 13.8. The SMILES string of the molecule is CCCCCC1CCC(C2CCC(C#Cc3ccc(C#Cc4cc(F)c(F)c(F)c4)cc3)CC2)CC1. The molecule has 0 aromatic heterocycles. The quantitative estimate of drug-likeness (QED) is 0.223. The Morgan fingerprint density at radius 1 is 0.667 bits per heavy atom. The van der Waals surface area contributed by atoms with Crippen molar-refractivity contribution >= 4 is 0 Å². The van der Waals surface area contributed by atoms with Gasteiger partial charge in [0.1, 0.15) is 0 Å². The van der Waals surface area contributed by atoms with E-state index in [4.69, 9.17) is 0 Å². The van der Waals surface area contributed by atoms with Gasteiger partial charge >= 0.3 is 0 Å². The highest BCUT2D eigenvalue weighted by molar-refractivity contribution is 5.46. The molecule has 4 rings (SSSR count). The van der Waals surface area contributed by atoms with Crippen LogP contribution in [-0.2, 0) is 0 Å². The van der Waals surface area contributed by atoms with Crippen molar-refractivity contribution in [3.63, 3.8) is 0 Å². The molecule has 0 unspecified atom stereocenters. The smallest absolute Gasteiger partial charge is 0.194 e. The molecule has 3 heteroatoms. The van der Waals surface area contributed by atoms with Gasteiger partial charge in [0.25, 0.3) is 0 Å². The number of hydrogen-bond acceptors (Lipinski definition) is 0. The third-order valence-electron chi connectivity index (χ3n) is 8.19. The minimum absolute atomic E-state index is 0.103. The van der Waals surface area contributed by atoms with Gasteiger partial charge in [-0.05, 0) is 92.7 Å². The van der Waals surface area contributed by atoms with Gasteiger partial charge in [0, 0.05) is 22.6 Å². The summed E-state index contributed by atoms with van der Waals surface area (Å²) in [5.74, 6) is 11.7. The third kappa shape index (κ3) is 7.43. The highest BCUT2D eigenvalue weighted by Gasteiger charge is 2.30. The molecule has 0 N–H and O–H groups in total. The molecule has 2 saturated carbocycles. The predicted molar refractivity (Wildman–Crippen MR) is 141 cm³/mol. The summed E-state index contributed by atoms with van der Waals surface area (Å²) in [4.78, 5) is 0. The lowest BCUT2D eigenvalue weighted by Crippen LogP contribution is -2.25. The highest BCUT2D eigenvalue weighted by Crippen LogP contribution is 2.42. The van der Waals surface area contributed by atoms with Crippen molar-refractivity contribution in [3.8, 4) is 23.7 Å². The second kappa shape index (κ2) is 13.1. The van der Waals surface area contributed by atoms with Crippen molar-refractivity contribution in [2.45, 2.75) is 84.0 Å². The Labute approximate surface area is 215 Å². The maximum Gasteiger partial charge on any atom is 0.194 e. The average molecular weight is 491 g/mol. The van der Waals surface area contributed by atoms with Crippen LogP contribution in [0.4, 0.5) is 13.2 Å². The molecule has 0 radical (unpaired) electrons. The van der Waals surface area contributed by atoms with Gasteiger partial charge < -0.3 is 0 Å². The molecule has 2 fully saturated rings. The van der Waals surface area contributed by atoms with E-state index >= 15 is 0 Å². The fourth-order valence-corrected chi connectivity index (χ4v) is 5.96. The van der Waals surface area contributed by atoms with Gasteiger partial charge in [-0.1, -0.05) is 69.1 Å². The zero-order valence-corrected chi connectivity index (χ0v) is 21.4. The van der Waals surface area contributed by atoms with Gasteiger partial charge in [0.05, 0.1) is 0 Å². The maximum atomic E-state index is 13.3. The van der Waals surface area contributed by atoms with Crippen molar-refractivity contribution in [1.82, 2.24) is 0 Å². The molecule has 0 aliphatic heterocycles.